The molecule has 3 N–H and O–H groups in total. The van der Waals surface area contributed by atoms with Crippen molar-refractivity contribution in [1.82, 2.24) is 15.1 Å². The topological polar surface area (TPSA) is 59.0 Å². The van der Waals surface area contributed by atoms with E-state index in [1.54, 1.807) is 0 Å². The summed E-state index contributed by atoms with van der Waals surface area (Å²) in [5.74, 6) is 0. The van der Waals surface area contributed by atoms with Crippen LogP contribution >= 0.6 is 0 Å². The fourth-order valence-corrected chi connectivity index (χ4v) is 1.80. The highest BCUT2D eigenvalue weighted by molar-refractivity contribution is 4.80. The summed E-state index contributed by atoms with van der Waals surface area (Å²) in [5.41, 5.74) is 0. The summed E-state index contributed by atoms with van der Waals surface area (Å²) in [6.45, 7) is 4.41. The first-order valence-corrected chi connectivity index (χ1v) is 5.52. The number of hydrogen-bond donors (Lipinski definition) is 3. The van der Waals surface area contributed by atoms with Gasteiger partial charge < -0.3 is 20.4 Å². The second kappa shape index (κ2) is 6.40. The maximum atomic E-state index is 9.17. The van der Waals surface area contributed by atoms with Crippen molar-refractivity contribution in [1.29, 1.82) is 0 Å². The highest BCUT2D eigenvalue weighted by atomic mass is 16.3. The van der Waals surface area contributed by atoms with Crippen LogP contribution in [-0.2, 0) is 0 Å². The Labute approximate surface area is 91.7 Å². The fourth-order valence-electron chi connectivity index (χ4n) is 1.80. The molecular weight excluding hydrogens is 194 g/mol. The van der Waals surface area contributed by atoms with Crippen molar-refractivity contribution in [3.8, 4) is 0 Å². The monoisotopic (exact) mass is 217 g/mol. The van der Waals surface area contributed by atoms with Gasteiger partial charge in [-0.15, -0.1) is 0 Å². The molecule has 1 heterocycles. The zero-order valence-corrected chi connectivity index (χ0v) is 9.69. The van der Waals surface area contributed by atoms with E-state index >= 15 is 0 Å². The molecule has 0 spiro atoms. The Balaban J connectivity index is 2.18. The lowest BCUT2D eigenvalue weighted by Crippen LogP contribution is -2.54. The normalized spacial score (nSPS) is 26.8. The number of nitrogens with zero attached hydrogens (tertiary/aromatic N) is 2. The van der Waals surface area contributed by atoms with Crippen molar-refractivity contribution in [3.63, 3.8) is 0 Å². The van der Waals surface area contributed by atoms with Gasteiger partial charge in [-0.3, -0.25) is 4.90 Å². The molecule has 5 nitrogen and oxygen atoms in total. The predicted molar refractivity (Wildman–Crippen MR) is 59.9 cm³/mol. The van der Waals surface area contributed by atoms with Crippen LogP contribution in [0.4, 0.5) is 0 Å². The van der Waals surface area contributed by atoms with Crippen molar-refractivity contribution in [2.45, 2.75) is 12.1 Å². The minimum atomic E-state index is -0.642. The summed E-state index contributed by atoms with van der Waals surface area (Å²) >= 11 is 0. The summed E-state index contributed by atoms with van der Waals surface area (Å²) in [4.78, 5) is 4.65. The SMILES string of the molecule is CN1CCN(C)C(CNCC(O)CO)C1. The molecule has 90 valence electrons. The van der Waals surface area contributed by atoms with Gasteiger partial charge in [0.05, 0.1) is 12.7 Å². The van der Waals surface area contributed by atoms with Crippen molar-refractivity contribution >= 4 is 0 Å². The molecule has 2 atom stereocenters. The molecule has 0 aromatic heterocycles. The molecule has 0 bridgehead atoms. The summed E-state index contributed by atoms with van der Waals surface area (Å²) in [6, 6.07) is 0.495. The van der Waals surface area contributed by atoms with E-state index in [0.717, 1.165) is 26.2 Å². The summed E-state index contributed by atoms with van der Waals surface area (Å²) in [7, 11) is 4.25. The largest absolute Gasteiger partial charge is 0.394 e. The van der Waals surface area contributed by atoms with Gasteiger partial charge in [0.15, 0.2) is 0 Å². The quantitative estimate of drug-likeness (QED) is 0.506. The Bertz CT molecular complexity index is 180. The average molecular weight is 217 g/mol. The third-order valence-electron chi connectivity index (χ3n) is 2.95. The zero-order chi connectivity index (χ0) is 11.3. The van der Waals surface area contributed by atoms with Crippen molar-refractivity contribution in [2.75, 3.05) is 53.4 Å². The van der Waals surface area contributed by atoms with Gasteiger partial charge in [-0.25, -0.2) is 0 Å². The van der Waals surface area contributed by atoms with Gasteiger partial charge in [-0.2, -0.15) is 0 Å². The first-order valence-electron chi connectivity index (χ1n) is 5.52. The fraction of sp³-hybridized carbons (Fsp3) is 1.00. The van der Waals surface area contributed by atoms with E-state index in [1.807, 2.05) is 0 Å². The van der Waals surface area contributed by atoms with Crippen LogP contribution in [0.1, 0.15) is 0 Å². The molecule has 2 unspecified atom stereocenters. The minimum absolute atomic E-state index is 0.173. The second-order valence-corrected chi connectivity index (χ2v) is 4.39. The number of rotatable bonds is 5. The highest BCUT2D eigenvalue weighted by Crippen LogP contribution is 2.04. The molecule has 1 saturated heterocycles. The van der Waals surface area contributed by atoms with Crippen LogP contribution in [0.3, 0.4) is 0 Å². The molecule has 0 aliphatic carbocycles. The third-order valence-corrected chi connectivity index (χ3v) is 2.95. The number of likely N-dealkylation sites (N-methyl/N-ethyl adjacent to an activating group) is 2. The Morgan fingerprint density at radius 1 is 1.40 bits per heavy atom. The number of aliphatic hydroxyl groups is 2. The van der Waals surface area contributed by atoms with E-state index in [4.69, 9.17) is 10.2 Å². The molecule has 1 fully saturated rings. The first-order chi connectivity index (χ1) is 7.13. The van der Waals surface area contributed by atoms with Crippen molar-refractivity contribution in [3.05, 3.63) is 0 Å². The minimum Gasteiger partial charge on any atom is -0.394 e. The molecule has 15 heavy (non-hydrogen) atoms. The van der Waals surface area contributed by atoms with Crippen LogP contribution in [0.15, 0.2) is 0 Å². The third kappa shape index (κ3) is 4.44. The van der Waals surface area contributed by atoms with Crippen LogP contribution in [0.2, 0.25) is 0 Å². The molecule has 1 aliphatic rings. The second-order valence-electron chi connectivity index (χ2n) is 4.39. The molecule has 0 aromatic carbocycles. The highest BCUT2D eigenvalue weighted by Gasteiger charge is 2.21. The smallest absolute Gasteiger partial charge is 0.0894 e. The van der Waals surface area contributed by atoms with E-state index < -0.39 is 6.10 Å². The molecule has 0 amide bonds. The molecule has 1 rings (SSSR count). The van der Waals surface area contributed by atoms with E-state index in [2.05, 4.69) is 29.2 Å². The summed E-state index contributed by atoms with van der Waals surface area (Å²) in [6.07, 6.45) is -0.642. The lowest BCUT2D eigenvalue weighted by molar-refractivity contribution is 0.0841. The number of hydrogen-bond acceptors (Lipinski definition) is 5. The van der Waals surface area contributed by atoms with Crippen molar-refractivity contribution < 1.29 is 10.2 Å². The van der Waals surface area contributed by atoms with Gasteiger partial charge in [0.25, 0.3) is 0 Å². The molecule has 0 aromatic rings. The van der Waals surface area contributed by atoms with Gasteiger partial charge in [-0.05, 0) is 14.1 Å². The van der Waals surface area contributed by atoms with Crippen LogP contribution in [0.5, 0.6) is 0 Å². The predicted octanol–water partition coefficient (Wildman–Crippen LogP) is -1.82. The van der Waals surface area contributed by atoms with E-state index in [9.17, 15) is 0 Å². The molecule has 1 aliphatic heterocycles. The number of nitrogens with one attached hydrogen (secondary N) is 1. The van der Waals surface area contributed by atoms with Crippen LogP contribution in [0, 0.1) is 0 Å². The van der Waals surface area contributed by atoms with Crippen molar-refractivity contribution in [2.24, 2.45) is 0 Å². The molecule has 5 heteroatoms. The molecular formula is C10H23N3O2. The van der Waals surface area contributed by atoms with E-state index in [-0.39, 0.29) is 6.61 Å². The number of aliphatic hydroxyl groups excluding tert-OH is 2. The number of piperazine rings is 1. The summed E-state index contributed by atoms with van der Waals surface area (Å²) < 4.78 is 0. The Morgan fingerprint density at radius 2 is 2.13 bits per heavy atom. The zero-order valence-electron chi connectivity index (χ0n) is 9.69. The Kier molecular flexibility index (Phi) is 5.49. The van der Waals surface area contributed by atoms with Gasteiger partial charge in [0, 0.05) is 38.8 Å². The lowest BCUT2D eigenvalue weighted by Gasteiger charge is -2.37. The Morgan fingerprint density at radius 3 is 2.80 bits per heavy atom. The van der Waals surface area contributed by atoms with Gasteiger partial charge >= 0.3 is 0 Å². The van der Waals surface area contributed by atoms with Gasteiger partial charge in [-0.1, -0.05) is 0 Å². The lowest BCUT2D eigenvalue weighted by atomic mass is 10.2. The van der Waals surface area contributed by atoms with Crippen LogP contribution < -0.4 is 5.32 Å². The maximum Gasteiger partial charge on any atom is 0.0894 e. The van der Waals surface area contributed by atoms with Gasteiger partial charge in [0.1, 0.15) is 0 Å². The summed E-state index contributed by atoms with van der Waals surface area (Å²) in [5, 5.41) is 21.0. The Hall–Kier alpha value is -0.200. The average Bonchev–Trinajstić information content (AvgIpc) is 2.23. The van der Waals surface area contributed by atoms with E-state index in [1.165, 1.54) is 0 Å². The molecule has 0 saturated carbocycles. The molecule has 0 radical (unpaired) electrons. The van der Waals surface area contributed by atoms with Gasteiger partial charge in [0.2, 0.25) is 0 Å². The maximum absolute atomic E-state index is 9.17. The first kappa shape index (κ1) is 12.9. The van der Waals surface area contributed by atoms with E-state index in [0.29, 0.717) is 12.6 Å². The van der Waals surface area contributed by atoms with Crippen LogP contribution in [-0.4, -0.2) is 85.6 Å². The van der Waals surface area contributed by atoms with Crippen LogP contribution in [0.25, 0.3) is 0 Å². The standard InChI is InChI=1S/C10H23N3O2/c1-12-3-4-13(2)9(7-12)5-11-6-10(15)8-14/h9-11,14-15H,3-8H2,1-2H3.